The van der Waals surface area contributed by atoms with Crippen LogP contribution in [0.2, 0.25) is 0 Å². The van der Waals surface area contributed by atoms with Gasteiger partial charge < -0.3 is 9.84 Å². The SMILES string of the molecule is Cc1cc(OC(F)F)c(C)cc1CC(=O)O. The highest BCUT2D eigenvalue weighted by molar-refractivity contribution is 5.71. The van der Waals surface area contributed by atoms with E-state index in [2.05, 4.69) is 4.74 Å². The van der Waals surface area contributed by atoms with Crippen molar-refractivity contribution >= 4 is 5.97 Å². The summed E-state index contributed by atoms with van der Waals surface area (Å²) in [4.78, 5) is 10.5. The lowest BCUT2D eigenvalue weighted by atomic mass is 10.0. The first-order valence-electron chi connectivity index (χ1n) is 4.67. The van der Waals surface area contributed by atoms with Gasteiger partial charge >= 0.3 is 12.6 Å². The van der Waals surface area contributed by atoms with E-state index in [-0.39, 0.29) is 12.2 Å². The molecular formula is C11H12F2O3. The van der Waals surface area contributed by atoms with Crippen molar-refractivity contribution in [1.29, 1.82) is 0 Å². The van der Waals surface area contributed by atoms with Crippen molar-refractivity contribution in [3.8, 4) is 5.75 Å². The van der Waals surface area contributed by atoms with E-state index in [9.17, 15) is 13.6 Å². The molecule has 0 aliphatic heterocycles. The minimum atomic E-state index is -2.87. The highest BCUT2D eigenvalue weighted by Gasteiger charge is 2.11. The Labute approximate surface area is 91.7 Å². The summed E-state index contributed by atoms with van der Waals surface area (Å²) in [6.45, 7) is 0.391. The van der Waals surface area contributed by atoms with Gasteiger partial charge in [0.25, 0.3) is 0 Å². The van der Waals surface area contributed by atoms with E-state index in [1.54, 1.807) is 19.9 Å². The number of carbonyl (C=O) groups is 1. The van der Waals surface area contributed by atoms with Gasteiger partial charge in [-0.3, -0.25) is 4.79 Å². The number of benzene rings is 1. The maximum absolute atomic E-state index is 12.0. The summed E-state index contributed by atoms with van der Waals surface area (Å²) < 4.78 is 28.4. The molecule has 1 rings (SSSR count). The Hall–Kier alpha value is -1.65. The van der Waals surface area contributed by atoms with E-state index in [1.165, 1.54) is 6.07 Å². The molecule has 3 nitrogen and oxygen atoms in total. The number of carboxylic acids is 1. The molecule has 0 saturated heterocycles. The Balaban J connectivity index is 3.01. The van der Waals surface area contributed by atoms with Crippen molar-refractivity contribution < 1.29 is 23.4 Å². The fourth-order valence-electron chi connectivity index (χ4n) is 1.43. The Morgan fingerprint density at radius 3 is 2.50 bits per heavy atom. The minimum Gasteiger partial charge on any atom is -0.481 e. The molecule has 0 bridgehead atoms. The second-order valence-electron chi connectivity index (χ2n) is 3.49. The molecule has 0 fully saturated rings. The zero-order valence-electron chi connectivity index (χ0n) is 8.96. The number of halogens is 2. The van der Waals surface area contributed by atoms with E-state index in [0.29, 0.717) is 16.7 Å². The standard InChI is InChI=1S/C11H12F2O3/c1-6-4-9(16-11(12)13)7(2)3-8(6)5-10(14)15/h3-4,11H,5H2,1-2H3,(H,14,15). The number of carboxylic acid groups (broad SMARTS) is 1. The number of aliphatic carboxylic acids is 1. The molecule has 5 heteroatoms. The second kappa shape index (κ2) is 4.92. The van der Waals surface area contributed by atoms with Gasteiger partial charge in [-0.05, 0) is 36.6 Å². The van der Waals surface area contributed by atoms with Crippen molar-refractivity contribution in [2.24, 2.45) is 0 Å². The maximum Gasteiger partial charge on any atom is 0.387 e. The van der Waals surface area contributed by atoms with Gasteiger partial charge in [0, 0.05) is 0 Å². The van der Waals surface area contributed by atoms with E-state index in [1.807, 2.05) is 0 Å². The van der Waals surface area contributed by atoms with Gasteiger partial charge in [-0.15, -0.1) is 0 Å². The molecule has 1 aromatic rings. The smallest absolute Gasteiger partial charge is 0.387 e. The van der Waals surface area contributed by atoms with E-state index in [4.69, 9.17) is 5.11 Å². The van der Waals surface area contributed by atoms with Crippen LogP contribution >= 0.6 is 0 Å². The molecule has 0 aromatic heterocycles. The monoisotopic (exact) mass is 230 g/mol. The molecule has 0 unspecified atom stereocenters. The molecule has 0 spiro atoms. The molecule has 0 radical (unpaired) electrons. The molecular weight excluding hydrogens is 218 g/mol. The van der Waals surface area contributed by atoms with Crippen molar-refractivity contribution in [1.82, 2.24) is 0 Å². The summed E-state index contributed by atoms with van der Waals surface area (Å²) in [5, 5.41) is 8.65. The average molecular weight is 230 g/mol. The second-order valence-corrected chi connectivity index (χ2v) is 3.49. The van der Waals surface area contributed by atoms with Gasteiger partial charge in [-0.1, -0.05) is 6.07 Å². The summed E-state index contributed by atoms with van der Waals surface area (Å²) in [5.41, 5.74) is 1.73. The average Bonchev–Trinajstić information content (AvgIpc) is 2.11. The third kappa shape index (κ3) is 3.18. The first kappa shape index (κ1) is 12.4. The molecule has 0 heterocycles. The lowest BCUT2D eigenvalue weighted by Gasteiger charge is -2.11. The van der Waals surface area contributed by atoms with E-state index >= 15 is 0 Å². The number of alkyl halides is 2. The third-order valence-electron chi connectivity index (χ3n) is 2.19. The summed E-state index contributed by atoms with van der Waals surface area (Å²) in [6.07, 6.45) is -0.123. The van der Waals surface area contributed by atoms with Crippen molar-refractivity contribution in [3.05, 3.63) is 28.8 Å². The van der Waals surface area contributed by atoms with Gasteiger partial charge in [0.1, 0.15) is 5.75 Å². The summed E-state index contributed by atoms with van der Waals surface area (Å²) in [5.74, 6) is -0.869. The predicted octanol–water partition coefficient (Wildman–Crippen LogP) is 2.53. The molecule has 0 aliphatic rings. The van der Waals surface area contributed by atoms with Crippen molar-refractivity contribution in [2.75, 3.05) is 0 Å². The zero-order valence-corrected chi connectivity index (χ0v) is 8.96. The summed E-state index contributed by atoms with van der Waals surface area (Å²) in [7, 11) is 0. The Kier molecular flexibility index (Phi) is 3.82. The molecule has 16 heavy (non-hydrogen) atoms. The molecule has 0 amide bonds. The molecule has 88 valence electrons. The van der Waals surface area contributed by atoms with Gasteiger partial charge in [-0.2, -0.15) is 8.78 Å². The van der Waals surface area contributed by atoms with Crippen LogP contribution in [0.3, 0.4) is 0 Å². The minimum absolute atomic E-state index is 0.0849. The molecule has 0 saturated carbocycles. The number of aryl methyl sites for hydroxylation is 2. The van der Waals surface area contributed by atoms with Crippen molar-refractivity contribution in [3.63, 3.8) is 0 Å². The highest BCUT2D eigenvalue weighted by atomic mass is 19.3. The highest BCUT2D eigenvalue weighted by Crippen LogP contribution is 2.24. The first-order chi connectivity index (χ1) is 7.40. The third-order valence-corrected chi connectivity index (χ3v) is 2.19. The van der Waals surface area contributed by atoms with Crippen LogP contribution < -0.4 is 4.74 Å². The van der Waals surface area contributed by atoms with Crippen LogP contribution in [0.1, 0.15) is 16.7 Å². The molecule has 0 aliphatic carbocycles. The van der Waals surface area contributed by atoms with Crippen LogP contribution in [0.15, 0.2) is 12.1 Å². The quantitative estimate of drug-likeness (QED) is 0.864. The molecule has 0 atom stereocenters. The van der Waals surface area contributed by atoms with Crippen LogP contribution in [0, 0.1) is 13.8 Å². The molecule has 1 aromatic carbocycles. The zero-order chi connectivity index (χ0) is 12.3. The van der Waals surface area contributed by atoms with Gasteiger partial charge in [0.2, 0.25) is 0 Å². The Bertz CT molecular complexity index is 402. The van der Waals surface area contributed by atoms with Gasteiger partial charge in [0.05, 0.1) is 6.42 Å². The maximum atomic E-state index is 12.0. The number of hydrogen-bond donors (Lipinski definition) is 1. The molecule has 1 N–H and O–H groups in total. The van der Waals surface area contributed by atoms with Gasteiger partial charge in [-0.25, -0.2) is 0 Å². The van der Waals surface area contributed by atoms with E-state index < -0.39 is 12.6 Å². The van der Waals surface area contributed by atoms with Crippen LogP contribution in [0.5, 0.6) is 5.75 Å². The van der Waals surface area contributed by atoms with Crippen LogP contribution in [-0.2, 0) is 11.2 Å². The van der Waals surface area contributed by atoms with Crippen LogP contribution in [0.25, 0.3) is 0 Å². The lowest BCUT2D eigenvalue weighted by Crippen LogP contribution is -2.06. The van der Waals surface area contributed by atoms with Crippen LogP contribution in [0.4, 0.5) is 8.78 Å². The number of rotatable bonds is 4. The largest absolute Gasteiger partial charge is 0.481 e. The number of hydrogen-bond acceptors (Lipinski definition) is 2. The first-order valence-corrected chi connectivity index (χ1v) is 4.67. The fraction of sp³-hybridized carbons (Fsp3) is 0.364. The normalized spacial score (nSPS) is 10.6. The topological polar surface area (TPSA) is 46.5 Å². The Morgan fingerprint density at radius 2 is 2.00 bits per heavy atom. The number of ether oxygens (including phenoxy) is 1. The fourth-order valence-corrected chi connectivity index (χ4v) is 1.43. The van der Waals surface area contributed by atoms with E-state index in [0.717, 1.165) is 0 Å². The van der Waals surface area contributed by atoms with Crippen molar-refractivity contribution in [2.45, 2.75) is 26.9 Å². The summed E-state index contributed by atoms with van der Waals surface area (Å²) >= 11 is 0. The Morgan fingerprint density at radius 1 is 1.38 bits per heavy atom. The predicted molar refractivity (Wildman–Crippen MR) is 53.9 cm³/mol. The summed E-state index contributed by atoms with van der Waals surface area (Å²) in [6, 6.07) is 2.99. The van der Waals surface area contributed by atoms with Gasteiger partial charge in [0.15, 0.2) is 0 Å². The lowest BCUT2D eigenvalue weighted by molar-refractivity contribution is -0.136. The van der Waals surface area contributed by atoms with Crippen LogP contribution in [-0.4, -0.2) is 17.7 Å².